The predicted molar refractivity (Wildman–Crippen MR) is 120 cm³/mol. The van der Waals surface area contributed by atoms with Gasteiger partial charge in [0.25, 0.3) is 5.91 Å². The molecule has 1 atom stereocenters. The molecule has 1 aromatic carbocycles. The summed E-state index contributed by atoms with van der Waals surface area (Å²) < 4.78 is 5.47. The Morgan fingerprint density at radius 2 is 2.00 bits per heavy atom. The molecule has 2 aromatic rings. The van der Waals surface area contributed by atoms with Gasteiger partial charge in [-0.05, 0) is 58.6 Å². The van der Waals surface area contributed by atoms with E-state index in [1.807, 2.05) is 52.0 Å². The molecule has 1 N–H and O–H groups in total. The number of carbonyl (C=O) groups is 2. The zero-order chi connectivity index (χ0) is 21.9. The van der Waals surface area contributed by atoms with E-state index >= 15 is 0 Å². The molecule has 1 aromatic heterocycles. The number of aryl methyl sites for hydroxylation is 1. The van der Waals surface area contributed by atoms with Crippen LogP contribution in [0.1, 0.15) is 49.0 Å². The number of carbonyl (C=O) groups excluding carboxylic acids is 2. The van der Waals surface area contributed by atoms with Crippen molar-refractivity contribution in [2.24, 2.45) is 5.92 Å². The summed E-state index contributed by atoms with van der Waals surface area (Å²) in [6.07, 6.45) is 1.58. The number of rotatable bonds is 4. The van der Waals surface area contributed by atoms with E-state index in [0.717, 1.165) is 23.4 Å². The summed E-state index contributed by atoms with van der Waals surface area (Å²) in [6, 6.07) is 7.42. The van der Waals surface area contributed by atoms with Crippen LogP contribution in [0.5, 0.6) is 0 Å². The molecule has 6 nitrogen and oxygen atoms in total. The lowest BCUT2D eigenvalue weighted by molar-refractivity contribution is 0.0167. The van der Waals surface area contributed by atoms with Crippen molar-refractivity contribution in [1.29, 1.82) is 0 Å². The number of hydrogen-bond acceptors (Lipinski definition) is 5. The van der Waals surface area contributed by atoms with Crippen molar-refractivity contribution in [1.82, 2.24) is 15.2 Å². The van der Waals surface area contributed by atoms with Gasteiger partial charge < -0.3 is 15.0 Å². The van der Waals surface area contributed by atoms with E-state index in [-0.39, 0.29) is 17.9 Å². The fourth-order valence-electron chi connectivity index (χ4n) is 3.36. The number of nitrogens with one attached hydrogen (secondary N) is 1. The predicted octanol–water partition coefficient (Wildman–Crippen LogP) is 5.15. The fourth-order valence-corrected chi connectivity index (χ4v) is 4.48. The smallest absolute Gasteiger partial charge is 0.410 e. The molecule has 0 spiro atoms. The Kier molecular flexibility index (Phi) is 7.03. The first-order chi connectivity index (χ1) is 14.1. The van der Waals surface area contributed by atoms with Crippen molar-refractivity contribution in [3.63, 3.8) is 0 Å². The number of aromatic nitrogens is 1. The molecule has 1 unspecified atom stereocenters. The van der Waals surface area contributed by atoms with Crippen molar-refractivity contribution in [3.05, 3.63) is 39.9 Å². The molecule has 2 heterocycles. The number of amides is 2. The summed E-state index contributed by atoms with van der Waals surface area (Å²) >= 11 is 7.32. The number of benzene rings is 1. The number of likely N-dealkylation sites (tertiary alicyclic amines) is 1. The summed E-state index contributed by atoms with van der Waals surface area (Å²) in [5.74, 6) is 0.0822. The van der Waals surface area contributed by atoms with Gasteiger partial charge in [-0.3, -0.25) is 4.79 Å². The maximum atomic E-state index is 12.7. The standard InChI is InChI=1S/C22H28ClN3O3S/c1-14-18(30-20(25-14)16-7-9-17(23)10-8-16)19(27)24-12-15-6-5-11-26(13-15)21(28)29-22(2,3)4/h7-10,15H,5-6,11-13H2,1-4H3,(H,24,27). The lowest BCUT2D eigenvalue weighted by Crippen LogP contribution is -2.45. The van der Waals surface area contributed by atoms with Crippen molar-refractivity contribution in [3.8, 4) is 10.6 Å². The Hall–Kier alpha value is -2.12. The van der Waals surface area contributed by atoms with Crippen LogP contribution in [0.3, 0.4) is 0 Å². The van der Waals surface area contributed by atoms with Gasteiger partial charge in [-0.1, -0.05) is 23.7 Å². The molecule has 0 saturated carbocycles. The Morgan fingerprint density at radius 3 is 2.67 bits per heavy atom. The number of ether oxygens (including phenoxy) is 1. The minimum Gasteiger partial charge on any atom is -0.444 e. The zero-order valence-corrected chi connectivity index (χ0v) is 19.4. The summed E-state index contributed by atoms with van der Waals surface area (Å²) in [7, 11) is 0. The lowest BCUT2D eigenvalue weighted by atomic mass is 9.98. The van der Waals surface area contributed by atoms with Crippen LogP contribution in [0.15, 0.2) is 24.3 Å². The number of hydrogen-bond donors (Lipinski definition) is 1. The summed E-state index contributed by atoms with van der Waals surface area (Å²) in [5, 5.41) is 4.48. The van der Waals surface area contributed by atoms with Gasteiger partial charge in [-0.25, -0.2) is 9.78 Å². The molecule has 0 radical (unpaired) electrons. The fraction of sp³-hybridized carbons (Fsp3) is 0.500. The quantitative estimate of drug-likeness (QED) is 0.700. The third kappa shape index (κ3) is 5.95. The summed E-state index contributed by atoms with van der Waals surface area (Å²) in [6.45, 7) is 9.23. The maximum absolute atomic E-state index is 12.7. The average molecular weight is 450 g/mol. The highest BCUT2D eigenvalue weighted by atomic mass is 35.5. The molecular weight excluding hydrogens is 422 g/mol. The van der Waals surface area contributed by atoms with Gasteiger partial charge in [-0.2, -0.15) is 0 Å². The Bertz CT molecular complexity index is 905. The van der Waals surface area contributed by atoms with Crippen LogP contribution < -0.4 is 5.32 Å². The van der Waals surface area contributed by atoms with Crippen LogP contribution >= 0.6 is 22.9 Å². The third-order valence-corrected chi connectivity index (χ3v) is 6.27. The average Bonchev–Trinajstić information content (AvgIpc) is 3.07. The Balaban J connectivity index is 1.58. The molecule has 3 rings (SSSR count). The van der Waals surface area contributed by atoms with Crippen LogP contribution in [0.2, 0.25) is 5.02 Å². The molecular formula is C22H28ClN3O3S. The zero-order valence-electron chi connectivity index (χ0n) is 17.8. The van der Waals surface area contributed by atoms with Gasteiger partial charge in [0, 0.05) is 30.2 Å². The highest BCUT2D eigenvalue weighted by Crippen LogP contribution is 2.29. The van der Waals surface area contributed by atoms with Crippen LogP contribution in [0, 0.1) is 12.8 Å². The van der Waals surface area contributed by atoms with E-state index in [0.29, 0.717) is 35.2 Å². The minimum absolute atomic E-state index is 0.125. The normalized spacial score (nSPS) is 17.0. The van der Waals surface area contributed by atoms with E-state index in [9.17, 15) is 9.59 Å². The second-order valence-corrected chi connectivity index (χ2v) is 10.0. The first-order valence-electron chi connectivity index (χ1n) is 10.1. The highest BCUT2D eigenvalue weighted by molar-refractivity contribution is 7.17. The minimum atomic E-state index is -0.510. The van der Waals surface area contributed by atoms with E-state index in [1.54, 1.807) is 4.90 Å². The van der Waals surface area contributed by atoms with Gasteiger partial charge in [0.15, 0.2) is 0 Å². The van der Waals surface area contributed by atoms with Gasteiger partial charge in [-0.15, -0.1) is 11.3 Å². The first kappa shape index (κ1) is 22.6. The monoisotopic (exact) mass is 449 g/mol. The SMILES string of the molecule is Cc1nc(-c2ccc(Cl)cc2)sc1C(=O)NCC1CCCN(C(=O)OC(C)(C)C)C1. The van der Waals surface area contributed by atoms with E-state index in [1.165, 1.54) is 11.3 Å². The van der Waals surface area contributed by atoms with Crippen molar-refractivity contribution in [2.45, 2.75) is 46.1 Å². The molecule has 1 aliphatic rings. The topological polar surface area (TPSA) is 71.5 Å². The second kappa shape index (κ2) is 9.35. The first-order valence-corrected chi connectivity index (χ1v) is 11.3. The second-order valence-electron chi connectivity index (χ2n) is 8.59. The molecule has 0 bridgehead atoms. The molecule has 1 aliphatic heterocycles. The highest BCUT2D eigenvalue weighted by Gasteiger charge is 2.28. The van der Waals surface area contributed by atoms with Crippen molar-refractivity contribution >= 4 is 34.9 Å². The van der Waals surface area contributed by atoms with Gasteiger partial charge in [0.05, 0.1) is 5.69 Å². The molecule has 1 saturated heterocycles. The summed E-state index contributed by atoms with van der Waals surface area (Å²) in [5.41, 5.74) is 1.14. The molecule has 8 heteroatoms. The maximum Gasteiger partial charge on any atom is 0.410 e. The van der Waals surface area contributed by atoms with Crippen LogP contribution in [-0.2, 0) is 4.74 Å². The van der Waals surface area contributed by atoms with Gasteiger partial charge >= 0.3 is 6.09 Å². The lowest BCUT2D eigenvalue weighted by Gasteiger charge is -2.34. The molecule has 30 heavy (non-hydrogen) atoms. The molecule has 162 valence electrons. The van der Waals surface area contributed by atoms with Crippen molar-refractivity contribution in [2.75, 3.05) is 19.6 Å². The third-order valence-electron chi connectivity index (χ3n) is 4.82. The molecule has 2 amide bonds. The molecule has 0 aliphatic carbocycles. The van der Waals surface area contributed by atoms with Crippen LogP contribution in [0.25, 0.3) is 10.6 Å². The van der Waals surface area contributed by atoms with E-state index < -0.39 is 5.60 Å². The molecule has 1 fully saturated rings. The summed E-state index contributed by atoms with van der Waals surface area (Å²) in [4.78, 5) is 32.0. The van der Waals surface area contributed by atoms with E-state index in [2.05, 4.69) is 10.3 Å². The number of piperidine rings is 1. The van der Waals surface area contributed by atoms with Crippen molar-refractivity contribution < 1.29 is 14.3 Å². The van der Waals surface area contributed by atoms with Crippen LogP contribution in [0.4, 0.5) is 4.79 Å². The van der Waals surface area contributed by atoms with Crippen LogP contribution in [-0.4, -0.2) is 47.1 Å². The Morgan fingerprint density at radius 1 is 1.30 bits per heavy atom. The largest absolute Gasteiger partial charge is 0.444 e. The number of nitrogens with zero attached hydrogens (tertiary/aromatic N) is 2. The number of halogens is 1. The van der Waals surface area contributed by atoms with Gasteiger partial charge in [0.1, 0.15) is 15.5 Å². The van der Waals surface area contributed by atoms with E-state index in [4.69, 9.17) is 16.3 Å². The van der Waals surface area contributed by atoms with Gasteiger partial charge in [0.2, 0.25) is 0 Å². The number of thiazole rings is 1. The Labute approximate surface area is 186 Å².